The zero-order valence-electron chi connectivity index (χ0n) is 15.9. The van der Waals surface area contributed by atoms with Crippen molar-refractivity contribution >= 4 is 17.4 Å². The number of benzene rings is 3. The van der Waals surface area contributed by atoms with E-state index < -0.39 is 0 Å². The van der Waals surface area contributed by atoms with Gasteiger partial charge in [0.2, 0.25) is 11.7 Å². The van der Waals surface area contributed by atoms with E-state index in [1.165, 1.54) is 5.56 Å². The lowest BCUT2D eigenvalue weighted by Crippen LogP contribution is -2.19. The highest BCUT2D eigenvalue weighted by molar-refractivity contribution is 6.00. The van der Waals surface area contributed by atoms with Gasteiger partial charge in [0.1, 0.15) is 0 Å². The lowest BCUT2D eigenvalue weighted by Gasteiger charge is -2.08. The molecule has 0 unspecified atom stereocenters. The van der Waals surface area contributed by atoms with Gasteiger partial charge in [0.25, 0.3) is 0 Å². The van der Waals surface area contributed by atoms with Crippen LogP contribution >= 0.6 is 0 Å². The fourth-order valence-corrected chi connectivity index (χ4v) is 2.88. The Kier molecular flexibility index (Phi) is 5.33. The smallest absolute Gasteiger partial charge is 0.323 e. The minimum Gasteiger partial charge on any atom is -0.339 e. The van der Waals surface area contributed by atoms with Crippen LogP contribution in [0.2, 0.25) is 0 Å². The number of hydrogen-bond donors (Lipinski definition) is 2. The molecule has 3 aromatic carbocycles. The number of nitrogens with zero attached hydrogens (tertiary/aromatic N) is 2. The van der Waals surface area contributed by atoms with Gasteiger partial charge in [0.05, 0.1) is 6.42 Å². The van der Waals surface area contributed by atoms with Crippen molar-refractivity contribution in [1.82, 2.24) is 10.1 Å². The molecule has 0 aliphatic heterocycles. The zero-order chi connectivity index (χ0) is 20.1. The molecule has 1 heterocycles. The number of carbonyl (C=O) groups is 1. The molecular weight excluding hydrogens is 364 g/mol. The van der Waals surface area contributed by atoms with E-state index in [4.69, 9.17) is 4.52 Å². The molecule has 29 heavy (non-hydrogen) atoms. The lowest BCUT2D eigenvalue weighted by atomic mass is 10.1. The van der Waals surface area contributed by atoms with E-state index in [0.29, 0.717) is 23.8 Å². The van der Waals surface area contributed by atoms with Gasteiger partial charge in [-0.15, -0.1) is 0 Å². The zero-order valence-corrected chi connectivity index (χ0v) is 15.9. The highest BCUT2D eigenvalue weighted by atomic mass is 16.5. The number of amides is 2. The lowest BCUT2D eigenvalue weighted by molar-refractivity contribution is 0.262. The Balaban J connectivity index is 1.44. The van der Waals surface area contributed by atoms with Gasteiger partial charge in [0, 0.05) is 16.9 Å². The Labute approximate surface area is 168 Å². The molecule has 0 atom stereocenters. The van der Waals surface area contributed by atoms with Crippen LogP contribution < -0.4 is 10.6 Å². The molecule has 4 aromatic rings. The van der Waals surface area contributed by atoms with Crippen molar-refractivity contribution in [3.8, 4) is 11.4 Å². The first-order chi connectivity index (χ1) is 14.2. The van der Waals surface area contributed by atoms with E-state index in [9.17, 15) is 4.79 Å². The molecule has 0 spiro atoms. The quantitative estimate of drug-likeness (QED) is 0.491. The van der Waals surface area contributed by atoms with Crippen LogP contribution in [0.4, 0.5) is 16.2 Å². The van der Waals surface area contributed by atoms with Gasteiger partial charge in [-0.25, -0.2) is 4.79 Å². The summed E-state index contributed by atoms with van der Waals surface area (Å²) in [6.07, 6.45) is 0.574. The van der Waals surface area contributed by atoms with Crippen molar-refractivity contribution in [2.75, 3.05) is 10.6 Å². The van der Waals surface area contributed by atoms with Crippen LogP contribution in [-0.4, -0.2) is 16.2 Å². The first kappa shape index (κ1) is 18.4. The van der Waals surface area contributed by atoms with Crippen LogP contribution in [0.5, 0.6) is 0 Å². The minimum atomic E-state index is -0.318. The van der Waals surface area contributed by atoms with Crippen LogP contribution in [0, 0.1) is 6.92 Å². The van der Waals surface area contributed by atoms with Gasteiger partial charge >= 0.3 is 6.03 Å². The predicted octanol–water partition coefficient (Wildman–Crippen LogP) is 5.28. The third-order valence-electron chi connectivity index (χ3n) is 4.35. The largest absolute Gasteiger partial charge is 0.339 e. The van der Waals surface area contributed by atoms with Crippen molar-refractivity contribution < 1.29 is 9.32 Å². The molecular formula is C23H20N4O2. The average Bonchev–Trinajstić information content (AvgIpc) is 3.19. The third-order valence-corrected chi connectivity index (χ3v) is 4.35. The summed E-state index contributed by atoms with van der Waals surface area (Å²) in [6, 6.07) is 24.5. The molecule has 2 amide bonds. The Morgan fingerprint density at radius 3 is 2.41 bits per heavy atom. The molecule has 6 nitrogen and oxygen atoms in total. The number of urea groups is 1. The van der Waals surface area contributed by atoms with Crippen LogP contribution in [0.3, 0.4) is 0 Å². The van der Waals surface area contributed by atoms with Gasteiger partial charge in [-0.05, 0) is 36.8 Å². The van der Waals surface area contributed by atoms with Crippen LogP contribution in [0.25, 0.3) is 11.4 Å². The molecule has 1 aromatic heterocycles. The molecule has 144 valence electrons. The number of anilines is 2. The minimum absolute atomic E-state index is 0.318. The molecule has 4 rings (SSSR count). The van der Waals surface area contributed by atoms with Gasteiger partial charge in [-0.3, -0.25) is 0 Å². The number of nitrogens with one attached hydrogen (secondary N) is 2. The number of carbonyl (C=O) groups excluding carboxylic acids is 1. The number of aryl methyl sites for hydroxylation is 1. The predicted molar refractivity (Wildman–Crippen MR) is 113 cm³/mol. The maximum Gasteiger partial charge on any atom is 0.323 e. The molecule has 2 N–H and O–H groups in total. The summed E-state index contributed by atoms with van der Waals surface area (Å²) in [4.78, 5) is 16.7. The highest BCUT2D eigenvalue weighted by Gasteiger charge is 2.11. The number of aromatic nitrogens is 2. The maximum atomic E-state index is 12.2. The summed E-state index contributed by atoms with van der Waals surface area (Å²) in [6.45, 7) is 2.05. The Bertz CT molecular complexity index is 1110. The molecule has 0 radical (unpaired) electrons. The van der Waals surface area contributed by atoms with E-state index in [-0.39, 0.29) is 6.03 Å². The fourth-order valence-electron chi connectivity index (χ4n) is 2.88. The summed E-state index contributed by atoms with van der Waals surface area (Å²) < 4.78 is 5.39. The summed E-state index contributed by atoms with van der Waals surface area (Å²) in [5.74, 6) is 1.03. The number of rotatable bonds is 5. The number of hydrogen-bond acceptors (Lipinski definition) is 4. The second-order valence-corrected chi connectivity index (χ2v) is 6.70. The van der Waals surface area contributed by atoms with Crippen LogP contribution in [0.1, 0.15) is 17.0 Å². The molecule has 0 aliphatic carbocycles. The van der Waals surface area contributed by atoms with Crippen LogP contribution in [-0.2, 0) is 6.42 Å². The Morgan fingerprint density at radius 2 is 1.62 bits per heavy atom. The normalized spacial score (nSPS) is 10.5. The molecule has 0 saturated heterocycles. The monoisotopic (exact) mass is 384 g/mol. The molecule has 0 saturated carbocycles. The standard InChI is InChI=1S/C23H20N4O2/c1-16-10-12-17(13-11-16)14-21-26-22(27-29-21)18-6-5-9-20(15-18)25-23(28)24-19-7-3-2-4-8-19/h2-13,15H,14H2,1H3,(H2,24,25,28). The second kappa shape index (κ2) is 8.39. The number of para-hydroxylation sites is 1. The van der Waals surface area contributed by atoms with Crippen molar-refractivity contribution in [1.29, 1.82) is 0 Å². The van der Waals surface area contributed by atoms with Gasteiger partial charge < -0.3 is 15.2 Å². The molecule has 0 aliphatic rings. The SMILES string of the molecule is Cc1ccc(Cc2nc(-c3cccc(NC(=O)Nc4ccccc4)c3)no2)cc1. The summed E-state index contributed by atoms with van der Waals surface area (Å²) in [5, 5.41) is 9.68. The average molecular weight is 384 g/mol. The second-order valence-electron chi connectivity index (χ2n) is 6.70. The van der Waals surface area contributed by atoms with E-state index in [2.05, 4.69) is 52.0 Å². The van der Waals surface area contributed by atoms with Gasteiger partial charge in [-0.2, -0.15) is 4.98 Å². The Hall–Kier alpha value is -3.93. The summed E-state index contributed by atoms with van der Waals surface area (Å²) >= 11 is 0. The molecule has 0 bridgehead atoms. The topological polar surface area (TPSA) is 80.0 Å². The van der Waals surface area contributed by atoms with E-state index >= 15 is 0 Å². The van der Waals surface area contributed by atoms with Gasteiger partial charge in [-0.1, -0.05) is 65.3 Å². The Morgan fingerprint density at radius 1 is 0.897 bits per heavy atom. The van der Waals surface area contributed by atoms with E-state index in [0.717, 1.165) is 16.8 Å². The highest BCUT2D eigenvalue weighted by Crippen LogP contribution is 2.21. The fraction of sp³-hybridized carbons (Fsp3) is 0.0870. The van der Waals surface area contributed by atoms with Gasteiger partial charge in [0.15, 0.2) is 0 Å². The van der Waals surface area contributed by atoms with Crippen molar-refractivity contribution in [2.45, 2.75) is 13.3 Å². The van der Waals surface area contributed by atoms with E-state index in [1.54, 1.807) is 6.07 Å². The van der Waals surface area contributed by atoms with Crippen molar-refractivity contribution in [2.24, 2.45) is 0 Å². The summed E-state index contributed by atoms with van der Waals surface area (Å²) in [5.41, 5.74) is 4.45. The first-order valence-electron chi connectivity index (χ1n) is 9.27. The van der Waals surface area contributed by atoms with Crippen LogP contribution in [0.15, 0.2) is 83.4 Å². The van der Waals surface area contributed by atoms with E-state index in [1.807, 2.05) is 48.5 Å². The third kappa shape index (κ3) is 4.87. The maximum absolute atomic E-state index is 12.2. The molecule has 0 fully saturated rings. The molecule has 6 heteroatoms. The first-order valence-corrected chi connectivity index (χ1v) is 9.27. The van der Waals surface area contributed by atoms with Crippen molar-refractivity contribution in [3.63, 3.8) is 0 Å². The van der Waals surface area contributed by atoms with Crippen molar-refractivity contribution in [3.05, 3.63) is 95.9 Å². The summed E-state index contributed by atoms with van der Waals surface area (Å²) in [7, 11) is 0.